The topological polar surface area (TPSA) is 105 Å². The van der Waals surface area contributed by atoms with E-state index in [4.69, 9.17) is 20.2 Å². The fraction of sp³-hybridized carbons (Fsp3) is 0.567. The van der Waals surface area contributed by atoms with E-state index in [-0.39, 0.29) is 53.7 Å². The molecule has 3 aromatic rings. The van der Waals surface area contributed by atoms with Gasteiger partial charge in [0.15, 0.2) is 11.6 Å². The lowest BCUT2D eigenvalue weighted by Crippen LogP contribution is -2.60. The third-order valence-corrected chi connectivity index (χ3v) is 9.65. The van der Waals surface area contributed by atoms with Crippen LogP contribution in [0.2, 0.25) is 0 Å². The Morgan fingerprint density at radius 1 is 1.23 bits per heavy atom. The Bertz CT molecular complexity index is 1560. The lowest BCUT2D eigenvalue weighted by atomic mass is 9.95. The maximum Gasteiger partial charge on any atom is 0.319 e. The zero-order valence-corrected chi connectivity index (χ0v) is 24.6. The summed E-state index contributed by atoms with van der Waals surface area (Å²) in [5, 5.41) is 3.95. The molecule has 3 fully saturated rings. The molecule has 3 saturated heterocycles. The fourth-order valence-electron chi connectivity index (χ4n) is 7.21. The van der Waals surface area contributed by atoms with Gasteiger partial charge in [-0.3, -0.25) is 4.90 Å². The summed E-state index contributed by atoms with van der Waals surface area (Å²) < 4.78 is 57.6. The number of hydrogen-bond acceptors (Lipinski definition) is 10. The first-order valence-corrected chi connectivity index (χ1v) is 15.1. The minimum absolute atomic E-state index is 0.0110. The van der Waals surface area contributed by atoms with Crippen LogP contribution >= 0.6 is 0 Å². The molecule has 6 heterocycles. The summed E-state index contributed by atoms with van der Waals surface area (Å²) in [4.78, 5) is 19.9. The lowest BCUT2D eigenvalue weighted by molar-refractivity contribution is 0.107. The van der Waals surface area contributed by atoms with Gasteiger partial charge in [0.05, 0.1) is 17.3 Å². The van der Waals surface area contributed by atoms with Crippen molar-refractivity contribution in [1.29, 1.82) is 0 Å². The minimum Gasteiger partial charge on any atom is -0.472 e. The molecule has 2 unspecified atom stereocenters. The summed E-state index contributed by atoms with van der Waals surface area (Å²) in [5.74, 6) is -0.602. The number of anilines is 4. The predicted octanol–water partition coefficient (Wildman–Crippen LogP) is 3.95. The van der Waals surface area contributed by atoms with E-state index in [1.165, 1.54) is 23.1 Å². The van der Waals surface area contributed by atoms with Crippen LogP contribution in [0.15, 0.2) is 18.2 Å². The van der Waals surface area contributed by atoms with E-state index in [0.29, 0.717) is 42.9 Å². The van der Waals surface area contributed by atoms with Crippen molar-refractivity contribution in [3.63, 3.8) is 0 Å². The Hall–Kier alpha value is -3.58. The molecule has 10 nitrogen and oxygen atoms in total. The average molecular weight is 599 g/mol. The van der Waals surface area contributed by atoms with E-state index in [9.17, 15) is 8.78 Å². The number of ether oxygens (including phenoxy) is 2. The van der Waals surface area contributed by atoms with E-state index in [1.807, 2.05) is 6.92 Å². The normalized spacial score (nSPS) is 28.4. The monoisotopic (exact) mass is 598 g/mol. The molecule has 2 aromatic heterocycles. The van der Waals surface area contributed by atoms with Crippen LogP contribution in [-0.4, -0.2) is 89.6 Å². The van der Waals surface area contributed by atoms with Crippen molar-refractivity contribution in [3.05, 3.63) is 29.8 Å². The van der Waals surface area contributed by atoms with Crippen LogP contribution in [0.5, 0.6) is 11.9 Å². The Morgan fingerprint density at radius 2 is 2.07 bits per heavy atom. The summed E-state index contributed by atoms with van der Waals surface area (Å²) in [6, 6.07) is 4.28. The highest BCUT2D eigenvalue weighted by Gasteiger charge is 2.49. The molecule has 0 amide bonds. The van der Waals surface area contributed by atoms with Crippen LogP contribution in [0.4, 0.5) is 36.2 Å². The number of aromatic nitrogens is 3. The number of nitrogens with two attached hydrogens (primary N) is 1. The van der Waals surface area contributed by atoms with Crippen molar-refractivity contribution in [1.82, 2.24) is 25.2 Å². The van der Waals surface area contributed by atoms with Gasteiger partial charge in [-0.2, -0.15) is 15.0 Å². The number of hydrogen-bond donors (Lipinski definition) is 2. The molecular formula is C30H37F3N8O2. The zero-order valence-electron chi connectivity index (χ0n) is 24.6. The van der Waals surface area contributed by atoms with Gasteiger partial charge in [0.1, 0.15) is 41.4 Å². The van der Waals surface area contributed by atoms with E-state index in [1.54, 1.807) is 7.05 Å². The Balaban J connectivity index is 1.36. The van der Waals surface area contributed by atoms with Gasteiger partial charge in [-0.05, 0) is 50.9 Å². The molecule has 0 saturated carbocycles. The van der Waals surface area contributed by atoms with Crippen molar-refractivity contribution in [3.8, 4) is 11.9 Å². The molecule has 1 aromatic carbocycles. The number of halogens is 3. The molecule has 0 aliphatic carbocycles. The van der Waals surface area contributed by atoms with E-state index in [0.717, 1.165) is 25.8 Å². The summed E-state index contributed by atoms with van der Waals surface area (Å²) in [6.07, 6.45) is 1.90. The van der Waals surface area contributed by atoms with Crippen LogP contribution in [0.25, 0.3) is 10.9 Å². The SMILES string of the molecule is CC[C@@H]1CN2c3nc(OC[C@@]45CCCN4C[C@H](F)C5)nc4c(F)c(N(C)c5ccc(F)c(N)c5)nc(c34)OC(C)C2CN1. The van der Waals surface area contributed by atoms with Gasteiger partial charge in [0.25, 0.3) is 0 Å². The molecule has 5 atom stereocenters. The summed E-state index contributed by atoms with van der Waals surface area (Å²) >= 11 is 0. The Kier molecular flexibility index (Phi) is 6.92. The molecule has 13 heteroatoms. The van der Waals surface area contributed by atoms with Gasteiger partial charge in [-0.25, -0.2) is 13.2 Å². The number of benzene rings is 1. The molecule has 4 aliphatic rings. The predicted molar refractivity (Wildman–Crippen MR) is 158 cm³/mol. The fourth-order valence-corrected chi connectivity index (χ4v) is 7.21. The summed E-state index contributed by atoms with van der Waals surface area (Å²) in [6.45, 7) is 6.81. The first kappa shape index (κ1) is 28.2. The average Bonchev–Trinajstić information content (AvgIpc) is 3.49. The summed E-state index contributed by atoms with van der Waals surface area (Å²) in [5.41, 5.74) is 5.79. The second-order valence-electron chi connectivity index (χ2n) is 12.3. The van der Waals surface area contributed by atoms with Crippen LogP contribution in [-0.2, 0) is 0 Å². The van der Waals surface area contributed by atoms with Gasteiger partial charge in [0, 0.05) is 44.8 Å². The van der Waals surface area contributed by atoms with Crippen LogP contribution in [0.3, 0.4) is 0 Å². The number of piperazine rings is 1. The first-order chi connectivity index (χ1) is 20.7. The smallest absolute Gasteiger partial charge is 0.319 e. The van der Waals surface area contributed by atoms with Crippen molar-refractivity contribution in [2.24, 2.45) is 0 Å². The van der Waals surface area contributed by atoms with Gasteiger partial charge >= 0.3 is 6.01 Å². The van der Waals surface area contributed by atoms with Gasteiger partial charge in [-0.1, -0.05) is 6.92 Å². The van der Waals surface area contributed by atoms with Crippen LogP contribution in [0, 0.1) is 11.6 Å². The highest BCUT2D eigenvalue weighted by atomic mass is 19.1. The second-order valence-corrected chi connectivity index (χ2v) is 12.3. The molecule has 43 heavy (non-hydrogen) atoms. The third-order valence-electron chi connectivity index (χ3n) is 9.65. The number of pyridine rings is 1. The van der Waals surface area contributed by atoms with Crippen LogP contribution in [0.1, 0.15) is 39.5 Å². The van der Waals surface area contributed by atoms with Gasteiger partial charge in [-0.15, -0.1) is 0 Å². The standard InChI is InChI=1S/C30H37F3N8O2/c1-4-18-14-41-22(12-35-18)16(2)43-28-23-25(24(33)27(37-28)39(3)19-6-7-20(32)21(34)10-19)36-29(38-26(23)41)42-15-30-8-5-9-40(30)13-17(31)11-30/h6-7,10,16-18,22,35H,4-5,8-9,11-15,34H2,1-3H3/t16?,17-,18-,22?,30+/m1/s1. The lowest BCUT2D eigenvalue weighted by Gasteiger charge is -2.42. The zero-order chi connectivity index (χ0) is 30.0. The number of nitrogens with one attached hydrogen (secondary N) is 1. The number of nitrogen functional groups attached to an aromatic ring is 1. The number of rotatable bonds is 6. The molecular weight excluding hydrogens is 561 g/mol. The van der Waals surface area contributed by atoms with Gasteiger partial charge < -0.3 is 30.3 Å². The van der Waals surface area contributed by atoms with Crippen molar-refractivity contribution >= 4 is 33.9 Å². The summed E-state index contributed by atoms with van der Waals surface area (Å²) in [7, 11) is 1.62. The largest absolute Gasteiger partial charge is 0.472 e. The molecule has 7 rings (SSSR count). The highest BCUT2D eigenvalue weighted by molar-refractivity contribution is 5.97. The molecule has 3 N–H and O–H groups in total. The van der Waals surface area contributed by atoms with Crippen molar-refractivity contribution in [2.75, 3.05) is 55.4 Å². The second kappa shape index (κ2) is 10.5. The Labute approximate surface area is 248 Å². The first-order valence-electron chi connectivity index (χ1n) is 15.1. The molecule has 0 spiro atoms. The van der Waals surface area contributed by atoms with E-state index in [2.05, 4.69) is 32.0 Å². The van der Waals surface area contributed by atoms with Crippen molar-refractivity contribution in [2.45, 2.75) is 69.4 Å². The van der Waals surface area contributed by atoms with E-state index >= 15 is 4.39 Å². The maximum atomic E-state index is 16.6. The van der Waals surface area contributed by atoms with Gasteiger partial charge in [0.2, 0.25) is 5.88 Å². The quantitative estimate of drug-likeness (QED) is 0.406. The Morgan fingerprint density at radius 3 is 2.86 bits per heavy atom. The molecule has 230 valence electrons. The van der Waals surface area contributed by atoms with Crippen molar-refractivity contribution < 1.29 is 22.6 Å². The highest BCUT2D eigenvalue weighted by Crippen LogP contribution is 2.44. The number of alkyl halides is 1. The number of nitrogens with zero attached hydrogens (tertiary/aromatic N) is 6. The molecule has 4 aliphatic heterocycles. The number of fused-ring (bicyclic) bond motifs is 3. The van der Waals surface area contributed by atoms with E-state index < -0.39 is 23.3 Å². The maximum absolute atomic E-state index is 16.6. The third kappa shape index (κ3) is 4.67. The van der Waals surface area contributed by atoms with Crippen LogP contribution < -0.4 is 30.3 Å². The minimum atomic E-state index is -0.901. The molecule has 0 bridgehead atoms. The molecule has 0 radical (unpaired) electrons.